The Balaban J connectivity index is 1.71. The lowest BCUT2D eigenvalue weighted by Crippen LogP contribution is -2.51. The molecule has 0 unspecified atom stereocenters. The van der Waals surface area contributed by atoms with Crippen molar-refractivity contribution in [1.29, 1.82) is 0 Å². The Labute approximate surface area is 176 Å². The third kappa shape index (κ3) is 5.94. The number of rotatable bonds is 5. The second-order valence-corrected chi connectivity index (χ2v) is 7.63. The number of carbonyl (C=O) groups excluding carboxylic acids is 2. The molecule has 1 aliphatic heterocycles. The van der Waals surface area contributed by atoms with Crippen LogP contribution in [-0.2, 0) is 28.5 Å². The number of alkyl halides is 6. The van der Waals surface area contributed by atoms with E-state index in [4.69, 9.17) is 0 Å². The minimum atomic E-state index is -4.95. The average Bonchev–Trinajstić information content (AvgIpc) is 3.16. The Morgan fingerprint density at radius 1 is 1.13 bits per heavy atom. The van der Waals surface area contributed by atoms with Crippen LogP contribution in [0.5, 0.6) is 0 Å². The highest BCUT2D eigenvalue weighted by Gasteiger charge is 2.37. The Morgan fingerprint density at radius 3 is 2.35 bits per heavy atom. The molecule has 1 aromatic carbocycles. The van der Waals surface area contributed by atoms with Crippen molar-refractivity contribution in [3.63, 3.8) is 0 Å². The first-order valence-electron chi connectivity index (χ1n) is 8.93. The molecule has 168 valence electrons. The lowest BCUT2D eigenvalue weighted by molar-refractivity contribution is -0.143. The molecule has 0 radical (unpaired) electrons. The van der Waals surface area contributed by atoms with Crippen LogP contribution < -0.4 is 10.6 Å². The molecule has 3 rings (SSSR count). The summed E-state index contributed by atoms with van der Waals surface area (Å²) >= 11 is 0.981. The number of hydrogen-bond donors (Lipinski definition) is 2. The minimum Gasteiger partial charge on any atom is -0.348 e. The number of carbonyl (C=O) groups is 2. The predicted molar refractivity (Wildman–Crippen MR) is 98.9 cm³/mol. The van der Waals surface area contributed by atoms with E-state index in [1.807, 2.05) is 0 Å². The molecule has 1 fully saturated rings. The van der Waals surface area contributed by atoms with Gasteiger partial charge >= 0.3 is 12.4 Å². The molecule has 0 aliphatic carbocycles. The standard InChI is InChI=1S/C18H16F6N4O2S/c19-17(20,21)11-3-10(4-12(5-11)18(22,23)24)13-9-31-15(27-13)6-26-14(29)8-28-2-1-25-7-16(28)30/h3-5,9,25H,1-2,6-8H2,(H,26,29). The van der Waals surface area contributed by atoms with E-state index in [9.17, 15) is 35.9 Å². The van der Waals surface area contributed by atoms with Gasteiger partial charge in [0, 0.05) is 24.0 Å². The van der Waals surface area contributed by atoms with E-state index in [2.05, 4.69) is 15.6 Å². The maximum Gasteiger partial charge on any atom is 0.416 e. The summed E-state index contributed by atoms with van der Waals surface area (Å²) in [7, 11) is 0. The lowest BCUT2D eigenvalue weighted by Gasteiger charge is -2.26. The first-order chi connectivity index (χ1) is 14.4. The monoisotopic (exact) mass is 466 g/mol. The molecule has 2 heterocycles. The van der Waals surface area contributed by atoms with Crippen molar-refractivity contribution < 1.29 is 35.9 Å². The van der Waals surface area contributed by atoms with Gasteiger partial charge in [-0.2, -0.15) is 26.3 Å². The van der Waals surface area contributed by atoms with Crippen LogP contribution in [0.25, 0.3) is 11.3 Å². The SMILES string of the molecule is O=C(CN1CCNCC1=O)NCc1nc(-c2cc(C(F)(F)F)cc(C(F)(F)F)c2)cs1. The fourth-order valence-electron chi connectivity index (χ4n) is 2.84. The number of nitrogens with one attached hydrogen (secondary N) is 2. The summed E-state index contributed by atoms with van der Waals surface area (Å²) < 4.78 is 78.1. The number of thiazole rings is 1. The summed E-state index contributed by atoms with van der Waals surface area (Å²) in [5.41, 5.74) is -3.26. The van der Waals surface area contributed by atoms with E-state index in [-0.39, 0.29) is 42.9 Å². The molecule has 2 aromatic rings. The van der Waals surface area contributed by atoms with Crippen molar-refractivity contribution in [2.75, 3.05) is 26.2 Å². The quantitative estimate of drug-likeness (QED) is 0.665. The van der Waals surface area contributed by atoms with Crippen LogP contribution >= 0.6 is 11.3 Å². The number of aromatic nitrogens is 1. The van der Waals surface area contributed by atoms with Crippen LogP contribution in [0.3, 0.4) is 0 Å². The summed E-state index contributed by atoms with van der Waals surface area (Å²) in [4.78, 5) is 29.1. The molecule has 13 heteroatoms. The molecule has 31 heavy (non-hydrogen) atoms. The Morgan fingerprint density at radius 2 is 1.77 bits per heavy atom. The lowest BCUT2D eigenvalue weighted by atomic mass is 10.0. The van der Waals surface area contributed by atoms with E-state index in [0.717, 1.165) is 11.3 Å². The van der Waals surface area contributed by atoms with Gasteiger partial charge in [0.05, 0.1) is 36.5 Å². The Bertz CT molecular complexity index is 940. The number of amides is 2. The summed E-state index contributed by atoms with van der Waals surface area (Å²) in [5, 5.41) is 7.01. The van der Waals surface area contributed by atoms with Gasteiger partial charge in [-0.15, -0.1) is 11.3 Å². The number of halogens is 6. The third-order valence-electron chi connectivity index (χ3n) is 4.39. The molecular formula is C18H16F6N4O2S. The van der Waals surface area contributed by atoms with Crippen molar-refractivity contribution in [3.8, 4) is 11.3 Å². The number of benzene rings is 1. The molecule has 6 nitrogen and oxygen atoms in total. The molecule has 1 aromatic heterocycles. The highest BCUT2D eigenvalue weighted by Crippen LogP contribution is 2.38. The predicted octanol–water partition coefficient (Wildman–Crippen LogP) is 2.90. The molecule has 1 aliphatic rings. The van der Waals surface area contributed by atoms with Gasteiger partial charge in [-0.3, -0.25) is 9.59 Å². The largest absolute Gasteiger partial charge is 0.416 e. The fraction of sp³-hybridized carbons (Fsp3) is 0.389. The number of hydrogen-bond acceptors (Lipinski definition) is 5. The fourth-order valence-corrected chi connectivity index (χ4v) is 3.59. The van der Waals surface area contributed by atoms with Gasteiger partial charge < -0.3 is 15.5 Å². The normalized spacial score (nSPS) is 15.3. The number of nitrogens with zero attached hydrogens (tertiary/aromatic N) is 2. The topological polar surface area (TPSA) is 74.3 Å². The van der Waals surface area contributed by atoms with Crippen LogP contribution in [0, 0.1) is 0 Å². The van der Waals surface area contributed by atoms with Gasteiger partial charge in [0.1, 0.15) is 5.01 Å². The molecule has 2 amide bonds. The van der Waals surface area contributed by atoms with Gasteiger partial charge in [0.2, 0.25) is 11.8 Å². The minimum absolute atomic E-state index is 0.0500. The van der Waals surface area contributed by atoms with Crippen molar-refractivity contribution in [2.24, 2.45) is 0 Å². The first kappa shape index (κ1) is 23.0. The summed E-state index contributed by atoms with van der Waals surface area (Å²) in [5.74, 6) is -0.673. The van der Waals surface area contributed by atoms with Crippen LogP contribution in [-0.4, -0.2) is 47.9 Å². The van der Waals surface area contributed by atoms with Crippen molar-refractivity contribution in [2.45, 2.75) is 18.9 Å². The van der Waals surface area contributed by atoms with E-state index < -0.39 is 29.4 Å². The smallest absolute Gasteiger partial charge is 0.348 e. The molecule has 0 atom stereocenters. The second-order valence-electron chi connectivity index (χ2n) is 6.69. The van der Waals surface area contributed by atoms with E-state index in [1.165, 1.54) is 10.3 Å². The maximum atomic E-state index is 13.0. The zero-order valence-electron chi connectivity index (χ0n) is 15.7. The van der Waals surface area contributed by atoms with Gasteiger partial charge in [0.25, 0.3) is 0 Å². The van der Waals surface area contributed by atoms with Crippen molar-refractivity contribution >= 4 is 23.2 Å². The highest BCUT2D eigenvalue weighted by atomic mass is 32.1. The molecular weight excluding hydrogens is 450 g/mol. The average molecular weight is 466 g/mol. The van der Waals surface area contributed by atoms with Crippen LogP contribution in [0.15, 0.2) is 23.6 Å². The highest BCUT2D eigenvalue weighted by molar-refractivity contribution is 7.09. The van der Waals surface area contributed by atoms with E-state index >= 15 is 0 Å². The van der Waals surface area contributed by atoms with Crippen molar-refractivity contribution in [1.82, 2.24) is 20.5 Å². The van der Waals surface area contributed by atoms with Gasteiger partial charge in [0.15, 0.2) is 0 Å². The zero-order chi connectivity index (χ0) is 22.8. The Hall–Kier alpha value is -2.67. The maximum absolute atomic E-state index is 13.0. The third-order valence-corrected chi connectivity index (χ3v) is 5.24. The molecule has 0 spiro atoms. The van der Waals surface area contributed by atoms with Crippen LogP contribution in [0.2, 0.25) is 0 Å². The second kappa shape index (κ2) is 8.83. The molecule has 0 saturated carbocycles. The molecule has 1 saturated heterocycles. The Kier molecular flexibility index (Phi) is 6.55. The summed E-state index contributed by atoms with van der Waals surface area (Å²) in [6, 6.07) is 1.25. The van der Waals surface area contributed by atoms with Crippen molar-refractivity contribution in [3.05, 3.63) is 39.7 Å². The molecule has 2 N–H and O–H groups in total. The summed E-state index contributed by atoms with van der Waals surface area (Å²) in [6.45, 7) is 0.854. The van der Waals surface area contributed by atoms with Gasteiger partial charge in [-0.05, 0) is 18.2 Å². The van der Waals surface area contributed by atoms with E-state index in [1.54, 1.807) is 0 Å². The van der Waals surface area contributed by atoms with Gasteiger partial charge in [-0.25, -0.2) is 4.98 Å². The van der Waals surface area contributed by atoms with Crippen LogP contribution in [0.4, 0.5) is 26.3 Å². The van der Waals surface area contributed by atoms with Crippen LogP contribution in [0.1, 0.15) is 16.1 Å². The number of piperazine rings is 1. The summed E-state index contributed by atoms with van der Waals surface area (Å²) in [6.07, 6.45) is -9.91. The van der Waals surface area contributed by atoms with Gasteiger partial charge in [-0.1, -0.05) is 0 Å². The first-order valence-corrected chi connectivity index (χ1v) is 9.81. The molecule has 0 bridgehead atoms. The zero-order valence-corrected chi connectivity index (χ0v) is 16.5. The van der Waals surface area contributed by atoms with E-state index in [0.29, 0.717) is 30.2 Å².